The number of hydrogen-bond acceptors (Lipinski definition) is 2. The lowest BCUT2D eigenvalue weighted by molar-refractivity contribution is -0.119. The van der Waals surface area contributed by atoms with Gasteiger partial charge in [-0.25, -0.2) is 0 Å². The van der Waals surface area contributed by atoms with Gasteiger partial charge in [0.15, 0.2) is 5.75 Å². The number of hydrogen-bond donors (Lipinski definition) is 1. The Labute approximate surface area is 52.2 Å². The van der Waals surface area contributed by atoms with Crippen LogP contribution in [0.15, 0.2) is 0 Å². The molecule has 2 nitrogen and oxygen atoms in total. The second kappa shape index (κ2) is 3.92. The van der Waals surface area contributed by atoms with Crippen molar-refractivity contribution in [3.05, 3.63) is 0 Å². The monoisotopic (exact) mass is 135 g/mol. The molecule has 8 heavy (non-hydrogen) atoms. The average Bonchev–Trinajstić information content (AvgIpc) is 1.65. The number of carbonyl (C=O) groups is 1. The van der Waals surface area contributed by atoms with Crippen molar-refractivity contribution < 1.29 is 9.90 Å². The summed E-state index contributed by atoms with van der Waals surface area (Å²) in [6, 6.07) is 0. The average molecular weight is 135 g/mol. The van der Waals surface area contributed by atoms with Crippen LogP contribution < -0.4 is 0 Å². The Hall–Kier alpha value is -0.0200. The van der Waals surface area contributed by atoms with Gasteiger partial charge in [-0.2, -0.15) is 0 Å². The van der Waals surface area contributed by atoms with E-state index in [9.17, 15) is 4.79 Å². The molecule has 0 atom stereocenters. The van der Waals surface area contributed by atoms with Crippen molar-refractivity contribution in [1.82, 2.24) is 0 Å². The van der Waals surface area contributed by atoms with Crippen LogP contribution in [0.5, 0.6) is 0 Å². The van der Waals surface area contributed by atoms with E-state index >= 15 is 0 Å². The van der Waals surface area contributed by atoms with Crippen LogP contribution in [-0.4, -0.2) is 35.8 Å². The molecule has 0 radical (unpaired) electrons. The summed E-state index contributed by atoms with van der Waals surface area (Å²) in [4.78, 5) is 10.4. The molecule has 0 amide bonds. The Morgan fingerprint density at radius 1 is 1.62 bits per heavy atom. The zero-order valence-electron chi connectivity index (χ0n) is 5.18. The highest BCUT2D eigenvalue weighted by Crippen LogP contribution is 1.83. The second-order valence-corrected chi connectivity index (χ2v) is 4.09. The van der Waals surface area contributed by atoms with E-state index in [4.69, 9.17) is 5.11 Å². The van der Waals surface area contributed by atoms with E-state index in [0.29, 0.717) is 5.75 Å². The molecule has 0 spiro atoms. The van der Waals surface area contributed by atoms with Crippen LogP contribution in [0, 0.1) is 0 Å². The first kappa shape index (κ1) is 7.98. The van der Waals surface area contributed by atoms with E-state index in [1.165, 1.54) is 0 Å². The lowest BCUT2D eigenvalue weighted by atomic mass is 10.5. The van der Waals surface area contributed by atoms with E-state index < -0.39 is 0 Å². The maximum atomic E-state index is 10.4. The van der Waals surface area contributed by atoms with Gasteiger partial charge in [0.25, 0.3) is 0 Å². The molecule has 0 bridgehead atoms. The summed E-state index contributed by atoms with van der Waals surface area (Å²) >= 11 is 0. The molecule has 0 aliphatic carbocycles. The standard InChI is InChI=1S/C5H11O2S/c1-8(2)4-5(7)3-6/h6H,3-4H2,1-2H3/q+1. The first-order valence-corrected chi connectivity index (χ1v) is 4.54. The predicted octanol–water partition coefficient (Wildman–Crippen LogP) is -0.574. The predicted molar refractivity (Wildman–Crippen MR) is 36.2 cm³/mol. The molecule has 0 rings (SSSR count). The summed E-state index contributed by atoms with van der Waals surface area (Å²) in [5.41, 5.74) is 0. The summed E-state index contributed by atoms with van der Waals surface area (Å²) in [6.07, 6.45) is 3.96. The van der Waals surface area contributed by atoms with Crippen molar-refractivity contribution in [3.8, 4) is 0 Å². The van der Waals surface area contributed by atoms with Gasteiger partial charge in [-0.15, -0.1) is 0 Å². The Kier molecular flexibility index (Phi) is 3.91. The maximum Gasteiger partial charge on any atom is 0.206 e. The molecule has 0 aromatic rings. The number of aliphatic hydroxyl groups is 1. The summed E-state index contributed by atoms with van der Waals surface area (Å²) in [5.74, 6) is 0.467. The van der Waals surface area contributed by atoms with Crippen LogP contribution in [0.1, 0.15) is 0 Å². The quantitative estimate of drug-likeness (QED) is 0.526. The van der Waals surface area contributed by atoms with Gasteiger partial charge in [0, 0.05) is 0 Å². The molecule has 3 heteroatoms. The third-order valence-corrected chi connectivity index (χ3v) is 1.53. The fourth-order valence-electron chi connectivity index (χ4n) is 0.368. The summed E-state index contributed by atoms with van der Waals surface area (Å²) in [7, 11) is 0.145. The zero-order chi connectivity index (χ0) is 6.57. The van der Waals surface area contributed by atoms with Crippen LogP contribution in [0.3, 0.4) is 0 Å². The highest BCUT2D eigenvalue weighted by molar-refractivity contribution is 7.96. The van der Waals surface area contributed by atoms with E-state index in [2.05, 4.69) is 0 Å². The van der Waals surface area contributed by atoms with Crippen LogP contribution in [0.25, 0.3) is 0 Å². The molecular formula is C5H11O2S+. The first-order chi connectivity index (χ1) is 3.66. The molecule has 48 valence electrons. The molecule has 0 aromatic carbocycles. The minimum Gasteiger partial charge on any atom is -0.388 e. The van der Waals surface area contributed by atoms with E-state index in [-0.39, 0.29) is 23.3 Å². The second-order valence-electron chi connectivity index (χ2n) is 1.83. The molecular weight excluding hydrogens is 124 g/mol. The zero-order valence-corrected chi connectivity index (χ0v) is 5.99. The van der Waals surface area contributed by atoms with Gasteiger partial charge in [0.1, 0.15) is 6.61 Å². The maximum absolute atomic E-state index is 10.4. The van der Waals surface area contributed by atoms with Crippen molar-refractivity contribution >= 4 is 16.7 Å². The van der Waals surface area contributed by atoms with Crippen LogP contribution in [0.4, 0.5) is 0 Å². The summed E-state index contributed by atoms with van der Waals surface area (Å²) in [5, 5.41) is 8.24. The van der Waals surface area contributed by atoms with Crippen molar-refractivity contribution in [2.45, 2.75) is 0 Å². The fourth-order valence-corrected chi connectivity index (χ4v) is 1.10. The Bertz CT molecular complexity index is 80.5. The minimum atomic E-state index is -0.300. The number of ketones is 1. The summed E-state index contributed by atoms with van der Waals surface area (Å²) in [6.45, 7) is -0.300. The topological polar surface area (TPSA) is 37.3 Å². The highest BCUT2D eigenvalue weighted by atomic mass is 32.2. The Balaban J connectivity index is 3.25. The van der Waals surface area contributed by atoms with Crippen molar-refractivity contribution in [2.24, 2.45) is 0 Å². The van der Waals surface area contributed by atoms with Crippen LogP contribution in [-0.2, 0) is 15.7 Å². The SMILES string of the molecule is C[S+](C)CC(=O)CO. The van der Waals surface area contributed by atoms with Crippen molar-refractivity contribution in [2.75, 3.05) is 24.9 Å². The number of rotatable bonds is 3. The molecule has 1 N–H and O–H groups in total. The van der Waals surface area contributed by atoms with Gasteiger partial charge in [-0.1, -0.05) is 0 Å². The van der Waals surface area contributed by atoms with Crippen molar-refractivity contribution in [3.63, 3.8) is 0 Å². The molecule has 0 aliphatic rings. The first-order valence-electron chi connectivity index (χ1n) is 2.33. The summed E-state index contributed by atoms with van der Waals surface area (Å²) < 4.78 is 0. The lowest BCUT2D eigenvalue weighted by Crippen LogP contribution is -2.16. The highest BCUT2D eigenvalue weighted by Gasteiger charge is 2.08. The van der Waals surface area contributed by atoms with Crippen LogP contribution in [0.2, 0.25) is 0 Å². The molecule has 0 saturated carbocycles. The van der Waals surface area contributed by atoms with Crippen LogP contribution >= 0.6 is 0 Å². The Morgan fingerprint density at radius 2 is 2.12 bits per heavy atom. The van der Waals surface area contributed by atoms with Gasteiger partial charge >= 0.3 is 0 Å². The number of aliphatic hydroxyl groups excluding tert-OH is 1. The third kappa shape index (κ3) is 4.15. The molecule has 0 unspecified atom stereocenters. The molecule has 0 aromatic heterocycles. The van der Waals surface area contributed by atoms with E-state index in [0.717, 1.165) is 0 Å². The van der Waals surface area contributed by atoms with Gasteiger partial charge in [-0.3, -0.25) is 4.79 Å². The number of carbonyl (C=O) groups excluding carboxylic acids is 1. The van der Waals surface area contributed by atoms with E-state index in [1.807, 2.05) is 12.5 Å². The minimum absolute atomic E-state index is 0.0571. The lowest BCUT2D eigenvalue weighted by Gasteiger charge is -1.90. The normalized spacial score (nSPS) is 10.0. The molecule has 0 heterocycles. The molecule has 0 aliphatic heterocycles. The van der Waals surface area contributed by atoms with Gasteiger partial charge < -0.3 is 5.11 Å². The fraction of sp³-hybridized carbons (Fsp3) is 0.800. The van der Waals surface area contributed by atoms with Gasteiger partial charge in [-0.05, 0) is 10.9 Å². The smallest absolute Gasteiger partial charge is 0.206 e. The third-order valence-electron chi connectivity index (χ3n) is 0.626. The molecule has 0 fully saturated rings. The largest absolute Gasteiger partial charge is 0.388 e. The van der Waals surface area contributed by atoms with Crippen molar-refractivity contribution in [1.29, 1.82) is 0 Å². The van der Waals surface area contributed by atoms with E-state index in [1.54, 1.807) is 0 Å². The Morgan fingerprint density at radius 3 is 2.25 bits per heavy atom. The number of Topliss-reactive ketones (excluding diaryl/α,β-unsaturated/α-hetero) is 1. The van der Waals surface area contributed by atoms with Gasteiger partial charge in [0.2, 0.25) is 5.78 Å². The van der Waals surface area contributed by atoms with Gasteiger partial charge in [0.05, 0.1) is 12.5 Å². The molecule has 0 saturated heterocycles.